The average molecular weight is 301 g/mol. The highest BCUT2D eigenvalue weighted by Crippen LogP contribution is 2.12. The van der Waals surface area contributed by atoms with Crippen molar-refractivity contribution in [2.24, 2.45) is 0 Å². The molecule has 1 atom stereocenters. The van der Waals surface area contributed by atoms with Crippen molar-refractivity contribution in [3.8, 4) is 0 Å². The molecule has 0 radical (unpaired) electrons. The molecule has 1 aromatic heterocycles. The lowest BCUT2D eigenvalue weighted by Crippen LogP contribution is -2.33. The minimum absolute atomic E-state index is 0.155. The molecule has 1 amide bonds. The lowest BCUT2D eigenvalue weighted by Gasteiger charge is -2.16. The fourth-order valence-electron chi connectivity index (χ4n) is 2.09. The second-order valence-electron chi connectivity index (χ2n) is 4.90. The molecule has 1 unspecified atom stereocenters. The summed E-state index contributed by atoms with van der Waals surface area (Å²) in [5, 5.41) is 16.2. The van der Waals surface area contributed by atoms with Gasteiger partial charge in [0.1, 0.15) is 5.69 Å². The molecule has 0 aliphatic heterocycles. The van der Waals surface area contributed by atoms with E-state index in [2.05, 4.69) is 10.4 Å². The van der Waals surface area contributed by atoms with Crippen LogP contribution in [0.4, 0.5) is 0 Å². The molecule has 0 fully saturated rings. The molecular formula is C16H19N3O3. The maximum atomic E-state index is 12.3. The quantitative estimate of drug-likeness (QED) is 0.837. The van der Waals surface area contributed by atoms with Crippen LogP contribution in [0.15, 0.2) is 47.3 Å². The van der Waals surface area contributed by atoms with Gasteiger partial charge in [-0.1, -0.05) is 37.3 Å². The second kappa shape index (κ2) is 7.51. The van der Waals surface area contributed by atoms with E-state index in [0.29, 0.717) is 6.54 Å². The van der Waals surface area contributed by atoms with Gasteiger partial charge < -0.3 is 10.4 Å². The van der Waals surface area contributed by atoms with Gasteiger partial charge in [-0.2, -0.15) is 5.10 Å². The van der Waals surface area contributed by atoms with Crippen LogP contribution in [0, 0.1) is 0 Å². The van der Waals surface area contributed by atoms with Crippen LogP contribution >= 0.6 is 0 Å². The number of carbonyl (C=O) groups excluding carboxylic acids is 1. The highest BCUT2D eigenvalue weighted by Gasteiger charge is 2.16. The van der Waals surface area contributed by atoms with E-state index in [1.54, 1.807) is 0 Å². The third kappa shape index (κ3) is 3.79. The third-order valence-corrected chi connectivity index (χ3v) is 3.22. The van der Waals surface area contributed by atoms with E-state index in [0.717, 1.165) is 12.0 Å². The minimum Gasteiger partial charge on any atom is -0.394 e. The molecule has 2 N–H and O–H groups in total. The number of carbonyl (C=O) groups is 1. The lowest BCUT2D eigenvalue weighted by atomic mass is 10.1. The third-order valence-electron chi connectivity index (χ3n) is 3.22. The molecule has 0 saturated carbocycles. The van der Waals surface area contributed by atoms with E-state index >= 15 is 0 Å². The Morgan fingerprint density at radius 1 is 1.27 bits per heavy atom. The van der Waals surface area contributed by atoms with Gasteiger partial charge >= 0.3 is 0 Å². The molecule has 2 aromatic rings. The summed E-state index contributed by atoms with van der Waals surface area (Å²) in [6, 6.07) is 11.4. The van der Waals surface area contributed by atoms with Crippen LogP contribution in [0.2, 0.25) is 0 Å². The standard InChI is InChI=1S/C16H19N3O3/c1-2-10-19-15(21)9-8-13(18-19)16(22)17-14(11-20)12-6-4-3-5-7-12/h3-9,14,20H,2,10-11H2,1H3,(H,17,22). The Labute approximate surface area is 128 Å². The molecule has 22 heavy (non-hydrogen) atoms. The number of aryl methyl sites for hydroxylation is 1. The normalized spacial score (nSPS) is 11.9. The molecule has 0 aliphatic carbocycles. The monoisotopic (exact) mass is 301 g/mol. The topological polar surface area (TPSA) is 84.2 Å². The van der Waals surface area contributed by atoms with Gasteiger partial charge in [0.2, 0.25) is 0 Å². The average Bonchev–Trinajstić information content (AvgIpc) is 2.55. The minimum atomic E-state index is -0.512. The Kier molecular flexibility index (Phi) is 5.43. The van der Waals surface area contributed by atoms with E-state index in [4.69, 9.17) is 0 Å². The van der Waals surface area contributed by atoms with Gasteiger partial charge in [0, 0.05) is 12.6 Å². The molecule has 1 heterocycles. The van der Waals surface area contributed by atoms with Gasteiger partial charge in [0.25, 0.3) is 11.5 Å². The zero-order valence-electron chi connectivity index (χ0n) is 12.4. The first-order valence-electron chi connectivity index (χ1n) is 7.20. The summed E-state index contributed by atoms with van der Waals surface area (Å²) in [5.41, 5.74) is 0.725. The number of nitrogens with zero attached hydrogens (tertiary/aromatic N) is 2. The molecular weight excluding hydrogens is 282 g/mol. The predicted octanol–water partition coefficient (Wildman–Crippen LogP) is 1.12. The Hall–Kier alpha value is -2.47. The summed E-state index contributed by atoms with van der Waals surface area (Å²) in [6.07, 6.45) is 0.751. The van der Waals surface area contributed by atoms with E-state index in [1.165, 1.54) is 16.8 Å². The van der Waals surface area contributed by atoms with Crippen molar-refractivity contribution >= 4 is 5.91 Å². The van der Waals surface area contributed by atoms with Crippen molar-refractivity contribution in [3.05, 3.63) is 64.1 Å². The van der Waals surface area contributed by atoms with Crippen molar-refractivity contribution in [3.63, 3.8) is 0 Å². The molecule has 1 aromatic carbocycles. The van der Waals surface area contributed by atoms with Gasteiger partial charge in [0.05, 0.1) is 12.6 Å². The summed E-state index contributed by atoms with van der Waals surface area (Å²) in [4.78, 5) is 23.9. The van der Waals surface area contributed by atoms with Crippen LogP contribution in [-0.4, -0.2) is 27.4 Å². The number of hydrogen-bond acceptors (Lipinski definition) is 4. The number of aliphatic hydroxyl groups excluding tert-OH is 1. The molecule has 2 rings (SSSR count). The molecule has 6 heteroatoms. The largest absolute Gasteiger partial charge is 0.394 e. The zero-order chi connectivity index (χ0) is 15.9. The van der Waals surface area contributed by atoms with Gasteiger partial charge in [-0.15, -0.1) is 0 Å². The number of nitrogens with one attached hydrogen (secondary N) is 1. The molecule has 0 saturated heterocycles. The van der Waals surface area contributed by atoms with Crippen LogP contribution in [0.25, 0.3) is 0 Å². The summed E-state index contributed by atoms with van der Waals surface area (Å²) < 4.78 is 1.27. The van der Waals surface area contributed by atoms with Crippen molar-refractivity contribution in [2.75, 3.05) is 6.61 Å². The molecule has 0 spiro atoms. The Morgan fingerprint density at radius 3 is 2.64 bits per heavy atom. The number of rotatable bonds is 6. The SMILES string of the molecule is CCCn1nc(C(=O)NC(CO)c2ccccc2)ccc1=O. The highest BCUT2D eigenvalue weighted by molar-refractivity contribution is 5.92. The summed E-state index contributed by atoms with van der Waals surface area (Å²) in [7, 11) is 0. The highest BCUT2D eigenvalue weighted by atomic mass is 16.3. The van der Waals surface area contributed by atoms with Gasteiger partial charge in [-0.25, -0.2) is 4.68 Å². The van der Waals surface area contributed by atoms with E-state index in [1.807, 2.05) is 37.3 Å². The number of aliphatic hydroxyl groups is 1. The Morgan fingerprint density at radius 2 is 2.00 bits per heavy atom. The first-order chi connectivity index (χ1) is 10.7. The Bertz CT molecular complexity index is 683. The summed E-state index contributed by atoms with van der Waals surface area (Å²) in [6.45, 7) is 2.17. The number of hydrogen-bond donors (Lipinski definition) is 2. The van der Waals surface area contributed by atoms with Crippen LogP contribution in [-0.2, 0) is 6.54 Å². The maximum Gasteiger partial charge on any atom is 0.272 e. The van der Waals surface area contributed by atoms with E-state index < -0.39 is 11.9 Å². The van der Waals surface area contributed by atoms with Crippen LogP contribution in [0.1, 0.15) is 35.4 Å². The molecule has 6 nitrogen and oxygen atoms in total. The lowest BCUT2D eigenvalue weighted by molar-refractivity contribution is 0.0908. The number of amides is 1. The van der Waals surface area contributed by atoms with Gasteiger partial charge in [-0.3, -0.25) is 9.59 Å². The maximum absolute atomic E-state index is 12.3. The second-order valence-corrected chi connectivity index (χ2v) is 4.90. The van der Waals surface area contributed by atoms with Crippen LogP contribution < -0.4 is 10.9 Å². The fraction of sp³-hybridized carbons (Fsp3) is 0.312. The molecule has 0 bridgehead atoms. The number of aromatic nitrogens is 2. The fourth-order valence-corrected chi connectivity index (χ4v) is 2.09. The summed E-state index contributed by atoms with van der Waals surface area (Å²) >= 11 is 0. The van der Waals surface area contributed by atoms with Crippen LogP contribution in [0.3, 0.4) is 0 Å². The van der Waals surface area contributed by atoms with E-state index in [-0.39, 0.29) is 17.9 Å². The van der Waals surface area contributed by atoms with E-state index in [9.17, 15) is 14.7 Å². The predicted molar refractivity (Wildman–Crippen MR) is 82.5 cm³/mol. The first kappa shape index (κ1) is 15.9. The van der Waals surface area contributed by atoms with Crippen LogP contribution in [0.5, 0.6) is 0 Å². The van der Waals surface area contributed by atoms with Crippen molar-refractivity contribution in [2.45, 2.75) is 25.9 Å². The van der Waals surface area contributed by atoms with Crippen molar-refractivity contribution < 1.29 is 9.90 Å². The Balaban J connectivity index is 2.17. The number of benzene rings is 1. The molecule has 0 aliphatic rings. The van der Waals surface area contributed by atoms with Crippen molar-refractivity contribution in [1.29, 1.82) is 0 Å². The van der Waals surface area contributed by atoms with Gasteiger partial charge in [0.15, 0.2) is 0 Å². The van der Waals surface area contributed by atoms with Crippen molar-refractivity contribution in [1.82, 2.24) is 15.1 Å². The van der Waals surface area contributed by atoms with Gasteiger partial charge in [-0.05, 0) is 18.1 Å². The molecule has 116 valence electrons. The summed E-state index contributed by atoms with van der Waals surface area (Å²) in [5.74, 6) is -0.423. The zero-order valence-corrected chi connectivity index (χ0v) is 12.4. The smallest absolute Gasteiger partial charge is 0.272 e. The first-order valence-corrected chi connectivity index (χ1v) is 7.20.